The van der Waals surface area contributed by atoms with E-state index in [9.17, 15) is 9.59 Å². The molecule has 1 aromatic heterocycles. The van der Waals surface area contributed by atoms with Crippen LogP contribution in [0.2, 0.25) is 0 Å². The van der Waals surface area contributed by atoms with Gasteiger partial charge >= 0.3 is 0 Å². The molecule has 2 N–H and O–H groups in total. The number of carbonyl (C=O) groups is 2. The summed E-state index contributed by atoms with van der Waals surface area (Å²) in [6, 6.07) is 13.7. The number of H-pyrrole nitrogens is 1. The third kappa shape index (κ3) is 6.52. The number of aromatic nitrogens is 2. The lowest BCUT2D eigenvalue weighted by Crippen LogP contribution is -2.44. The van der Waals surface area contributed by atoms with E-state index in [4.69, 9.17) is 4.98 Å². The zero-order valence-corrected chi connectivity index (χ0v) is 23.9. The highest BCUT2D eigenvalue weighted by atomic mass is 16.2. The van der Waals surface area contributed by atoms with E-state index in [1.54, 1.807) is 0 Å². The van der Waals surface area contributed by atoms with Crippen LogP contribution in [0.5, 0.6) is 0 Å². The maximum Gasteiger partial charge on any atom is 0.253 e. The topological polar surface area (TPSA) is 81.3 Å². The summed E-state index contributed by atoms with van der Waals surface area (Å²) >= 11 is 0. The molecule has 0 bridgehead atoms. The average molecular weight is 530 g/mol. The minimum atomic E-state index is -0.101. The lowest BCUT2D eigenvalue weighted by molar-refractivity contribution is 0.0652. The molecule has 2 amide bonds. The Kier molecular flexibility index (Phi) is 8.08. The average Bonchev–Trinajstić information content (AvgIpc) is 3.38. The number of nitrogens with zero attached hydrogens (tertiary/aromatic N) is 3. The first kappa shape index (κ1) is 27.4. The van der Waals surface area contributed by atoms with Gasteiger partial charge in [0, 0.05) is 37.2 Å². The molecule has 3 aromatic rings. The van der Waals surface area contributed by atoms with Crippen LogP contribution in [0.1, 0.15) is 78.6 Å². The molecule has 2 aromatic carbocycles. The minimum absolute atomic E-state index is 0.0399. The van der Waals surface area contributed by atoms with E-state index in [1.807, 2.05) is 54.3 Å². The number of amides is 2. The maximum atomic E-state index is 13.1. The lowest BCUT2D eigenvalue weighted by atomic mass is 9.92. The maximum absolute atomic E-state index is 13.1. The summed E-state index contributed by atoms with van der Waals surface area (Å²) in [7, 11) is 0. The van der Waals surface area contributed by atoms with Crippen LogP contribution >= 0.6 is 0 Å². The summed E-state index contributed by atoms with van der Waals surface area (Å²) < 4.78 is 0. The van der Waals surface area contributed by atoms with Gasteiger partial charge in [0.1, 0.15) is 11.3 Å². The summed E-state index contributed by atoms with van der Waals surface area (Å²) in [4.78, 5) is 38.7. The highest BCUT2D eigenvalue weighted by molar-refractivity contribution is 6.04. The van der Waals surface area contributed by atoms with E-state index in [-0.39, 0.29) is 17.2 Å². The zero-order valence-electron chi connectivity index (χ0n) is 23.9. The Morgan fingerprint density at radius 1 is 0.974 bits per heavy atom. The SMILES string of the molecule is Cc1cccc(C(=O)N2CCC(CN3CCC(CNC(=O)c4cccc5[nH]c(C(C)(C)C)nc45)CC3)CC2)c1. The van der Waals surface area contributed by atoms with Gasteiger partial charge in [0.15, 0.2) is 0 Å². The van der Waals surface area contributed by atoms with E-state index in [2.05, 4.69) is 36.0 Å². The molecule has 3 heterocycles. The Morgan fingerprint density at radius 2 is 1.67 bits per heavy atom. The van der Waals surface area contributed by atoms with E-state index < -0.39 is 0 Å². The number of carbonyl (C=O) groups excluding carboxylic acids is 2. The molecule has 0 radical (unpaired) electrons. The summed E-state index contributed by atoms with van der Waals surface area (Å²) in [6.45, 7) is 14.1. The number of aromatic amines is 1. The van der Waals surface area contributed by atoms with Crippen molar-refractivity contribution in [3.8, 4) is 0 Å². The molecule has 7 heteroatoms. The van der Waals surface area contributed by atoms with E-state index in [0.29, 0.717) is 23.9 Å². The van der Waals surface area contributed by atoms with Crippen LogP contribution in [-0.2, 0) is 5.41 Å². The molecule has 2 fully saturated rings. The van der Waals surface area contributed by atoms with Crippen molar-refractivity contribution < 1.29 is 9.59 Å². The van der Waals surface area contributed by atoms with Crippen molar-refractivity contribution in [1.82, 2.24) is 25.1 Å². The fourth-order valence-electron chi connectivity index (χ4n) is 5.92. The molecule has 0 aliphatic carbocycles. The van der Waals surface area contributed by atoms with Crippen molar-refractivity contribution in [3.63, 3.8) is 0 Å². The van der Waals surface area contributed by atoms with Gasteiger partial charge in [-0.05, 0) is 81.8 Å². The lowest BCUT2D eigenvalue weighted by Gasteiger charge is -2.37. The Bertz CT molecular complexity index is 1310. The quantitative estimate of drug-likeness (QED) is 0.462. The summed E-state index contributed by atoms with van der Waals surface area (Å²) in [6.07, 6.45) is 4.35. The van der Waals surface area contributed by atoms with Gasteiger partial charge in [0.25, 0.3) is 11.8 Å². The molecule has 0 saturated carbocycles. The number of para-hydroxylation sites is 1. The minimum Gasteiger partial charge on any atom is -0.352 e. The first-order valence-electron chi connectivity index (χ1n) is 14.5. The number of benzene rings is 2. The second-order valence-electron chi connectivity index (χ2n) is 12.6. The Balaban J connectivity index is 1.05. The van der Waals surface area contributed by atoms with Gasteiger partial charge in [-0.2, -0.15) is 0 Å². The fourth-order valence-corrected chi connectivity index (χ4v) is 5.92. The molecule has 2 aliphatic rings. The molecule has 2 saturated heterocycles. The summed E-state index contributed by atoms with van der Waals surface area (Å²) in [5.74, 6) is 2.17. The van der Waals surface area contributed by atoms with Gasteiger partial charge in [-0.25, -0.2) is 4.98 Å². The predicted octanol–water partition coefficient (Wildman–Crippen LogP) is 5.16. The van der Waals surface area contributed by atoms with Crippen LogP contribution in [-0.4, -0.2) is 70.9 Å². The standard InChI is InChI=1S/C32H43N5O2/c1-22-7-5-8-25(19-22)30(39)37-17-13-24(14-18-37)21-36-15-11-23(12-16-36)20-33-29(38)26-9-6-10-27-28(26)35-31(34-27)32(2,3)4/h5-10,19,23-24H,11-18,20-21H2,1-4H3,(H,33,38)(H,34,35). The van der Waals surface area contributed by atoms with Crippen LogP contribution in [0.3, 0.4) is 0 Å². The van der Waals surface area contributed by atoms with E-state index in [0.717, 1.165) is 86.4 Å². The van der Waals surface area contributed by atoms with Crippen LogP contribution in [0, 0.1) is 18.8 Å². The monoisotopic (exact) mass is 529 g/mol. The first-order valence-corrected chi connectivity index (χ1v) is 14.5. The Morgan fingerprint density at radius 3 is 2.36 bits per heavy atom. The van der Waals surface area contributed by atoms with Gasteiger partial charge in [-0.1, -0.05) is 44.5 Å². The number of hydrogen-bond acceptors (Lipinski definition) is 4. The van der Waals surface area contributed by atoms with Gasteiger partial charge in [-0.3, -0.25) is 9.59 Å². The highest BCUT2D eigenvalue weighted by Crippen LogP contribution is 2.26. The Hall–Kier alpha value is -3.19. The fraction of sp³-hybridized carbons (Fsp3) is 0.531. The van der Waals surface area contributed by atoms with Crippen molar-refractivity contribution in [3.05, 3.63) is 65.0 Å². The summed E-state index contributed by atoms with van der Waals surface area (Å²) in [5.41, 5.74) is 4.13. The third-order valence-corrected chi connectivity index (χ3v) is 8.41. The zero-order chi connectivity index (χ0) is 27.6. The second kappa shape index (κ2) is 11.5. The molecule has 5 rings (SSSR count). The molecule has 0 unspecified atom stereocenters. The Labute approximate surface area is 232 Å². The number of hydrogen-bond donors (Lipinski definition) is 2. The number of rotatable bonds is 6. The largest absolute Gasteiger partial charge is 0.352 e. The number of likely N-dealkylation sites (tertiary alicyclic amines) is 2. The van der Waals surface area contributed by atoms with Crippen LogP contribution in [0.4, 0.5) is 0 Å². The van der Waals surface area contributed by atoms with Crippen molar-refractivity contribution in [2.75, 3.05) is 39.3 Å². The molecule has 39 heavy (non-hydrogen) atoms. The highest BCUT2D eigenvalue weighted by Gasteiger charge is 2.27. The smallest absolute Gasteiger partial charge is 0.253 e. The number of imidazole rings is 1. The molecule has 7 nitrogen and oxygen atoms in total. The van der Waals surface area contributed by atoms with Gasteiger partial charge < -0.3 is 20.1 Å². The van der Waals surface area contributed by atoms with Gasteiger partial charge in [0.05, 0.1) is 11.1 Å². The molecule has 2 aliphatic heterocycles. The first-order chi connectivity index (χ1) is 18.7. The van der Waals surface area contributed by atoms with Gasteiger partial charge in [-0.15, -0.1) is 0 Å². The van der Waals surface area contributed by atoms with Crippen molar-refractivity contribution in [2.24, 2.45) is 11.8 Å². The predicted molar refractivity (Wildman–Crippen MR) is 156 cm³/mol. The number of aryl methyl sites for hydroxylation is 1. The van der Waals surface area contributed by atoms with E-state index in [1.165, 1.54) is 0 Å². The molecular weight excluding hydrogens is 486 g/mol. The van der Waals surface area contributed by atoms with Crippen LogP contribution in [0.25, 0.3) is 11.0 Å². The molecule has 0 spiro atoms. The number of piperidine rings is 2. The van der Waals surface area contributed by atoms with Crippen molar-refractivity contribution in [1.29, 1.82) is 0 Å². The third-order valence-electron chi connectivity index (χ3n) is 8.41. The molecule has 208 valence electrons. The normalized spacial score (nSPS) is 18.0. The van der Waals surface area contributed by atoms with Crippen LogP contribution < -0.4 is 5.32 Å². The van der Waals surface area contributed by atoms with Crippen molar-refractivity contribution >= 4 is 22.8 Å². The van der Waals surface area contributed by atoms with Crippen molar-refractivity contribution in [2.45, 2.75) is 58.8 Å². The number of fused-ring (bicyclic) bond motifs is 1. The van der Waals surface area contributed by atoms with Gasteiger partial charge in [0.2, 0.25) is 0 Å². The number of nitrogens with one attached hydrogen (secondary N) is 2. The van der Waals surface area contributed by atoms with E-state index >= 15 is 0 Å². The second-order valence-corrected chi connectivity index (χ2v) is 12.6. The molecule has 0 atom stereocenters. The molecular formula is C32H43N5O2. The summed E-state index contributed by atoms with van der Waals surface area (Å²) in [5, 5.41) is 3.19. The van der Waals surface area contributed by atoms with Crippen LogP contribution in [0.15, 0.2) is 42.5 Å².